The van der Waals surface area contributed by atoms with Crippen molar-refractivity contribution in [1.82, 2.24) is 4.98 Å². The predicted molar refractivity (Wildman–Crippen MR) is 84.0 cm³/mol. The number of rotatable bonds is 3. The Balaban J connectivity index is 1.86. The number of nitrogens with zero attached hydrogens (tertiary/aromatic N) is 1. The number of hydrogen-bond donors (Lipinski definition) is 3. The molecule has 1 aromatic carbocycles. The van der Waals surface area contributed by atoms with Crippen LogP contribution in [0.2, 0.25) is 0 Å². The van der Waals surface area contributed by atoms with Crippen LogP contribution >= 0.6 is 11.3 Å². The number of benzene rings is 1. The second-order valence-electron chi connectivity index (χ2n) is 4.75. The molecule has 7 nitrogen and oxygen atoms in total. The lowest BCUT2D eigenvalue weighted by molar-refractivity contribution is -0.122. The molecule has 0 radical (unpaired) electrons. The molecule has 2 amide bonds. The molecule has 0 fully saturated rings. The number of nitrogens with two attached hydrogens (primary N) is 1. The van der Waals surface area contributed by atoms with Crippen molar-refractivity contribution in [2.75, 3.05) is 17.2 Å². The van der Waals surface area contributed by atoms with Gasteiger partial charge >= 0.3 is 0 Å². The first kappa shape index (κ1) is 14.5. The summed E-state index contributed by atoms with van der Waals surface area (Å²) in [5.74, 6) is 0.155. The maximum absolute atomic E-state index is 11.7. The molecule has 4 N–H and O–H groups in total. The third-order valence-electron chi connectivity index (χ3n) is 3.14. The van der Waals surface area contributed by atoms with E-state index in [1.165, 1.54) is 11.3 Å². The molecule has 0 bridgehead atoms. The lowest BCUT2D eigenvalue weighted by Crippen LogP contribution is -2.34. The molecule has 0 aliphatic carbocycles. The number of hydrogen-bond acceptors (Lipinski definition) is 6. The first-order chi connectivity index (χ1) is 10.6. The topological polar surface area (TPSA) is 106 Å². The zero-order valence-electron chi connectivity index (χ0n) is 11.8. The van der Waals surface area contributed by atoms with Gasteiger partial charge in [0.15, 0.2) is 11.2 Å². The molecular weight excluding hydrogens is 304 g/mol. The highest BCUT2D eigenvalue weighted by molar-refractivity contribution is 7.14. The zero-order chi connectivity index (χ0) is 15.7. The summed E-state index contributed by atoms with van der Waals surface area (Å²) in [6, 6.07) is 5.44. The highest BCUT2D eigenvalue weighted by Gasteiger charge is 2.23. The Morgan fingerprint density at radius 3 is 3.14 bits per heavy atom. The van der Waals surface area contributed by atoms with Gasteiger partial charge in [-0.2, -0.15) is 0 Å². The minimum Gasteiger partial charge on any atom is -0.479 e. The molecule has 3 rings (SSSR count). The highest BCUT2D eigenvalue weighted by Crippen LogP contribution is 2.34. The van der Waals surface area contributed by atoms with E-state index in [2.05, 4.69) is 15.6 Å². The summed E-state index contributed by atoms with van der Waals surface area (Å²) in [6.07, 6.45) is -0.504. The van der Waals surface area contributed by atoms with Crippen LogP contribution in [0.1, 0.15) is 6.92 Å². The Kier molecular flexibility index (Phi) is 3.78. The molecule has 22 heavy (non-hydrogen) atoms. The van der Waals surface area contributed by atoms with E-state index in [-0.39, 0.29) is 18.4 Å². The second kappa shape index (κ2) is 5.74. The van der Waals surface area contributed by atoms with E-state index in [9.17, 15) is 9.59 Å². The summed E-state index contributed by atoms with van der Waals surface area (Å²) < 4.78 is 5.51. The van der Waals surface area contributed by atoms with E-state index in [0.29, 0.717) is 22.3 Å². The number of aromatic nitrogens is 1. The quantitative estimate of drug-likeness (QED) is 0.793. The lowest BCUT2D eigenvalue weighted by Gasteiger charge is -2.23. The molecule has 0 saturated heterocycles. The third-order valence-corrected chi connectivity index (χ3v) is 3.90. The summed E-state index contributed by atoms with van der Waals surface area (Å²) in [5, 5.41) is 7.70. The molecular formula is C14H14N4O3S. The van der Waals surface area contributed by atoms with Gasteiger partial charge in [0.2, 0.25) is 5.91 Å². The first-order valence-corrected chi connectivity index (χ1v) is 7.52. The first-order valence-electron chi connectivity index (χ1n) is 6.64. The van der Waals surface area contributed by atoms with Crippen molar-refractivity contribution >= 4 is 34.0 Å². The molecule has 1 aliphatic rings. The van der Waals surface area contributed by atoms with Crippen LogP contribution in [-0.4, -0.2) is 29.4 Å². The van der Waals surface area contributed by atoms with Crippen molar-refractivity contribution in [3.05, 3.63) is 23.6 Å². The summed E-state index contributed by atoms with van der Waals surface area (Å²) in [4.78, 5) is 27.2. The van der Waals surface area contributed by atoms with Crippen LogP contribution in [0, 0.1) is 0 Å². The van der Waals surface area contributed by atoms with Gasteiger partial charge in [0.1, 0.15) is 5.75 Å². The van der Waals surface area contributed by atoms with Gasteiger partial charge in [-0.05, 0) is 25.1 Å². The van der Waals surface area contributed by atoms with Crippen molar-refractivity contribution in [2.24, 2.45) is 5.73 Å². The standard InChI is InChI=1S/C14H14N4O3S/c1-7-13(20)16-9-4-8(2-3-11(9)21-7)10-6-22-14(17-10)18-12(19)5-15/h2-4,6-7H,5,15H2,1H3,(H,16,20)(H,17,18,19). The number of anilines is 2. The Morgan fingerprint density at radius 1 is 1.55 bits per heavy atom. The van der Waals surface area contributed by atoms with Gasteiger partial charge in [0.05, 0.1) is 17.9 Å². The van der Waals surface area contributed by atoms with Gasteiger partial charge in [0, 0.05) is 10.9 Å². The fourth-order valence-corrected chi connectivity index (χ4v) is 2.74. The lowest BCUT2D eigenvalue weighted by atomic mass is 10.1. The van der Waals surface area contributed by atoms with Crippen LogP contribution in [0.15, 0.2) is 23.6 Å². The van der Waals surface area contributed by atoms with Gasteiger partial charge in [-0.1, -0.05) is 0 Å². The highest BCUT2D eigenvalue weighted by atomic mass is 32.1. The summed E-state index contributed by atoms with van der Waals surface area (Å²) in [6.45, 7) is 1.61. The maximum atomic E-state index is 11.7. The molecule has 2 aromatic rings. The number of carbonyl (C=O) groups is 2. The monoisotopic (exact) mass is 318 g/mol. The van der Waals surface area contributed by atoms with Gasteiger partial charge in [-0.25, -0.2) is 4.98 Å². The van der Waals surface area contributed by atoms with Crippen LogP contribution in [0.5, 0.6) is 5.75 Å². The van der Waals surface area contributed by atoms with Crippen molar-refractivity contribution in [3.8, 4) is 17.0 Å². The largest absolute Gasteiger partial charge is 0.479 e. The average molecular weight is 318 g/mol. The number of fused-ring (bicyclic) bond motifs is 1. The fourth-order valence-electron chi connectivity index (χ4n) is 2.00. The van der Waals surface area contributed by atoms with E-state index in [1.54, 1.807) is 19.1 Å². The molecule has 1 atom stereocenters. The van der Waals surface area contributed by atoms with Crippen LogP contribution < -0.4 is 21.1 Å². The fraction of sp³-hybridized carbons (Fsp3) is 0.214. The zero-order valence-corrected chi connectivity index (χ0v) is 12.6. The SMILES string of the molecule is CC1Oc2ccc(-c3csc(NC(=O)CN)n3)cc2NC1=O. The van der Waals surface area contributed by atoms with E-state index < -0.39 is 6.10 Å². The molecule has 114 valence electrons. The number of amides is 2. The molecule has 2 heterocycles. The predicted octanol–water partition coefficient (Wildman–Crippen LogP) is 1.43. The number of thiazole rings is 1. The molecule has 1 aromatic heterocycles. The van der Waals surface area contributed by atoms with E-state index >= 15 is 0 Å². The maximum Gasteiger partial charge on any atom is 0.265 e. The Labute approximate surface area is 130 Å². The van der Waals surface area contributed by atoms with Crippen LogP contribution in [0.3, 0.4) is 0 Å². The summed E-state index contributed by atoms with van der Waals surface area (Å²) in [7, 11) is 0. The van der Waals surface area contributed by atoms with Gasteiger partial charge in [0.25, 0.3) is 5.91 Å². The Morgan fingerprint density at radius 2 is 2.36 bits per heavy atom. The molecule has 1 aliphatic heterocycles. The van der Waals surface area contributed by atoms with Gasteiger partial charge < -0.3 is 21.1 Å². The van der Waals surface area contributed by atoms with Crippen molar-refractivity contribution in [2.45, 2.75) is 13.0 Å². The molecule has 1 unspecified atom stereocenters. The number of ether oxygens (including phenoxy) is 1. The van der Waals surface area contributed by atoms with E-state index in [4.69, 9.17) is 10.5 Å². The summed E-state index contributed by atoms with van der Waals surface area (Å²) in [5.41, 5.74) is 7.38. The minimum absolute atomic E-state index is 0.0880. The number of nitrogens with one attached hydrogen (secondary N) is 2. The van der Waals surface area contributed by atoms with E-state index in [0.717, 1.165) is 5.56 Å². The van der Waals surface area contributed by atoms with E-state index in [1.807, 2.05) is 11.4 Å². The second-order valence-corrected chi connectivity index (χ2v) is 5.61. The number of carbonyl (C=O) groups excluding carboxylic acids is 2. The minimum atomic E-state index is -0.504. The Bertz CT molecular complexity index is 743. The molecule has 0 saturated carbocycles. The Hall–Kier alpha value is -2.45. The van der Waals surface area contributed by atoms with Crippen LogP contribution in [-0.2, 0) is 9.59 Å². The van der Waals surface area contributed by atoms with Gasteiger partial charge in [-0.15, -0.1) is 11.3 Å². The molecule has 8 heteroatoms. The average Bonchev–Trinajstić information content (AvgIpc) is 2.96. The van der Waals surface area contributed by atoms with Gasteiger partial charge in [-0.3, -0.25) is 9.59 Å². The van der Waals surface area contributed by atoms with Crippen molar-refractivity contribution in [1.29, 1.82) is 0 Å². The normalized spacial score (nSPS) is 16.5. The summed E-state index contributed by atoms with van der Waals surface area (Å²) >= 11 is 1.31. The smallest absolute Gasteiger partial charge is 0.265 e. The van der Waals surface area contributed by atoms with Crippen molar-refractivity contribution < 1.29 is 14.3 Å². The van der Waals surface area contributed by atoms with Crippen molar-refractivity contribution in [3.63, 3.8) is 0 Å². The molecule has 0 spiro atoms. The van der Waals surface area contributed by atoms with Crippen LogP contribution in [0.4, 0.5) is 10.8 Å². The third kappa shape index (κ3) is 2.78. The van der Waals surface area contributed by atoms with Crippen LogP contribution in [0.25, 0.3) is 11.3 Å².